The van der Waals surface area contributed by atoms with Crippen LogP contribution in [0, 0.1) is 0 Å². The van der Waals surface area contributed by atoms with Crippen molar-refractivity contribution in [3.63, 3.8) is 0 Å². The minimum Gasteiger partial charge on any atom is -0.455 e. The average Bonchev–Trinajstić information content (AvgIpc) is 2.77. The van der Waals surface area contributed by atoms with E-state index in [-0.39, 0.29) is 0 Å². The molecular weight excluding hydrogens is 362 g/mol. The molecule has 0 aliphatic rings. The quantitative estimate of drug-likeness (QED) is 0.482. The predicted octanol–water partition coefficient (Wildman–Crippen LogP) is 5.04. The monoisotopic (exact) mass is 383 g/mol. The highest BCUT2D eigenvalue weighted by molar-refractivity contribution is 5.64. The number of anilines is 3. The Morgan fingerprint density at radius 2 is 1.55 bits per heavy atom. The first-order chi connectivity index (χ1) is 14.3. The second-order valence-corrected chi connectivity index (χ2v) is 6.52. The molecule has 1 N–H and O–H groups in total. The van der Waals surface area contributed by atoms with E-state index in [0.29, 0.717) is 24.1 Å². The molecule has 4 aromatic rings. The minimum absolute atomic E-state index is 0.542. The highest BCUT2D eigenvalue weighted by atomic mass is 16.5. The Balaban J connectivity index is 1.51. The average molecular weight is 383 g/mol. The smallest absolute Gasteiger partial charge is 0.247 e. The molecule has 0 atom stereocenters. The highest BCUT2D eigenvalue weighted by Gasteiger charge is 2.10. The van der Waals surface area contributed by atoms with Gasteiger partial charge in [-0.1, -0.05) is 60.7 Å². The number of ether oxygens (including phenoxy) is 1. The lowest BCUT2D eigenvalue weighted by atomic mass is 10.2. The first-order valence-electron chi connectivity index (χ1n) is 9.32. The molecule has 3 aromatic carbocycles. The fourth-order valence-electron chi connectivity index (χ4n) is 2.86. The summed E-state index contributed by atoms with van der Waals surface area (Å²) in [6, 6.07) is 27.6. The van der Waals surface area contributed by atoms with Crippen LogP contribution in [0.4, 0.5) is 17.5 Å². The fraction of sp³-hybridized carbons (Fsp3) is 0.0870. The van der Waals surface area contributed by atoms with E-state index in [2.05, 4.69) is 32.6 Å². The van der Waals surface area contributed by atoms with Crippen LogP contribution >= 0.6 is 0 Å². The molecule has 0 fully saturated rings. The lowest BCUT2D eigenvalue weighted by Crippen LogP contribution is -2.20. The van der Waals surface area contributed by atoms with Crippen molar-refractivity contribution < 1.29 is 4.74 Å². The first kappa shape index (κ1) is 18.4. The van der Waals surface area contributed by atoms with Gasteiger partial charge in [0.25, 0.3) is 0 Å². The van der Waals surface area contributed by atoms with Crippen molar-refractivity contribution in [2.24, 2.45) is 0 Å². The lowest BCUT2D eigenvalue weighted by molar-refractivity contribution is 0.485. The summed E-state index contributed by atoms with van der Waals surface area (Å²) in [5.41, 5.74) is 1.98. The third kappa shape index (κ3) is 4.87. The van der Waals surface area contributed by atoms with Crippen molar-refractivity contribution in [1.29, 1.82) is 0 Å². The molecule has 1 heterocycles. The molecule has 0 aliphatic carbocycles. The van der Waals surface area contributed by atoms with E-state index in [4.69, 9.17) is 4.74 Å². The zero-order valence-corrected chi connectivity index (χ0v) is 16.1. The number of aromatic nitrogens is 3. The zero-order valence-electron chi connectivity index (χ0n) is 16.1. The van der Waals surface area contributed by atoms with Gasteiger partial charge in [0.05, 0.1) is 11.9 Å². The first-order valence-corrected chi connectivity index (χ1v) is 9.32. The minimum atomic E-state index is 0.542. The summed E-state index contributed by atoms with van der Waals surface area (Å²) in [7, 11) is 1.94. The topological polar surface area (TPSA) is 63.2 Å². The largest absolute Gasteiger partial charge is 0.455 e. The van der Waals surface area contributed by atoms with E-state index < -0.39 is 0 Å². The van der Waals surface area contributed by atoms with Crippen molar-refractivity contribution in [1.82, 2.24) is 15.2 Å². The molecule has 6 nitrogen and oxygen atoms in total. The molecule has 0 spiro atoms. The van der Waals surface area contributed by atoms with Crippen LogP contribution < -0.4 is 15.0 Å². The number of nitrogens with zero attached hydrogens (tertiary/aromatic N) is 4. The van der Waals surface area contributed by atoms with Crippen LogP contribution in [0.5, 0.6) is 11.5 Å². The summed E-state index contributed by atoms with van der Waals surface area (Å²) < 4.78 is 6.00. The van der Waals surface area contributed by atoms with E-state index >= 15 is 0 Å². The van der Waals surface area contributed by atoms with Crippen molar-refractivity contribution >= 4 is 17.5 Å². The van der Waals surface area contributed by atoms with Crippen LogP contribution in [0.1, 0.15) is 5.56 Å². The van der Waals surface area contributed by atoms with E-state index in [1.54, 1.807) is 6.20 Å². The van der Waals surface area contributed by atoms with Crippen LogP contribution in [-0.4, -0.2) is 22.2 Å². The molecule has 0 unspecified atom stereocenters. The molecule has 0 aliphatic heterocycles. The van der Waals surface area contributed by atoms with Crippen molar-refractivity contribution in [3.8, 4) is 11.5 Å². The molecule has 0 saturated carbocycles. The third-order valence-corrected chi connectivity index (χ3v) is 4.27. The Bertz CT molecular complexity index is 1060. The van der Waals surface area contributed by atoms with E-state index in [9.17, 15) is 0 Å². The Labute approximate surface area is 169 Å². The summed E-state index contributed by atoms with van der Waals surface area (Å²) in [5, 5.41) is 11.5. The Kier molecular flexibility index (Phi) is 5.62. The molecule has 0 radical (unpaired) electrons. The Morgan fingerprint density at radius 1 is 0.862 bits per heavy atom. The van der Waals surface area contributed by atoms with Gasteiger partial charge in [0, 0.05) is 13.6 Å². The van der Waals surface area contributed by atoms with Crippen molar-refractivity contribution in [2.75, 3.05) is 17.3 Å². The molecule has 6 heteroatoms. The standard InChI is InChI=1S/C23H21N5O/c1-28(17-18-10-4-2-5-11-18)23-26-22(16-24-27-23)25-20-14-8-9-15-21(20)29-19-12-6-3-7-13-19/h2-16H,17H2,1H3,(H,25,26,27). The zero-order chi connectivity index (χ0) is 19.9. The van der Waals surface area contributed by atoms with Gasteiger partial charge in [-0.05, 0) is 29.8 Å². The maximum absolute atomic E-state index is 6.00. The molecule has 4 rings (SSSR count). The highest BCUT2D eigenvalue weighted by Crippen LogP contribution is 2.31. The van der Waals surface area contributed by atoms with Gasteiger partial charge in [0.1, 0.15) is 5.75 Å². The summed E-state index contributed by atoms with van der Waals surface area (Å²) >= 11 is 0. The second-order valence-electron chi connectivity index (χ2n) is 6.52. The summed E-state index contributed by atoms with van der Waals surface area (Å²) in [5.74, 6) is 2.61. The maximum Gasteiger partial charge on any atom is 0.247 e. The summed E-state index contributed by atoms with van der Waals surface area (Å²) in [6.07, 6.45) is 1.60. The molecule has 144 valence electrons. The Morgan fingerprint density at radius 3 is 2.34 bits per heavy atom. The Hall–Kier alpha value is -3.93. The third-order valence-electron chi connectivity index (χ3n) is 4.27. The van der Waals surface area contributed by atoms with E-state index in [0.717, 1.165) is 11.4 Å². The SMILES string of the molecule is CN(Cc1ccccc1)c1nncc(Nc2ccccc2Oc2ccccc2)n1. The molecule has 0 saturated heterocycles. The molecule has 0 bridgehead atoms. The van der Waals surface area contributed by atoms with Gasteiger partial charge in [-0.3, -0.25) is 0 Å². The van der Waals surface area contributed by atoms with Gasteiger partial charge in [-0.2, -0.15) is 10.1 Å². The second kappa shape index (κ2) is 8.84. The normalized spacial score (nSPS) is 10.4. The van der Waals surface area contributed by atoms with Gasteiger partial charge in [-0.15, -0.1) is 5.10 Å². The van der Waals surface area contributed by atoms with E-state index in [1.807, 2.05) is 84.7 Å². The van der Waals surface area contributed by atoms with Crippen LogP contribution in [-0.2, 0) is 6.54 Å². The van der Waals surface area contributed by atoms with Gasteiger partial charge in [0.2, 0.25) is 5.95 Å². The van der Waals surface area contributed by atoms with Crippen LogP contribution in [0.2, 0.25) is 0 Å². The number of rotatable bonds is 7. The van der Waals surface area contributed by atoms with Crippen LogP contribution in [0.15, 0.2) is 91.1 Å². The number of hydrogen-bond donors (Lipinski definition) is 1. The molecule has 0 amide bonds. The number of nitrogens with one attached hydrogen (secondary N) is 1. The molecular formula is C23H21N5O. The number of para-hydroxylation sites is 3. The predicted molar refractivity (Wildman–Crippen MR) is 115 cm³/mol. The molecule has 29 heavy (non-hydrogen) atoms. The van der Waals surface area contributed by atoms with Crippen LogP contribution in [0.25, 0.3) is 0 Å². The maximum atomic E-state index is 6.00. The fourth-order valence-corrected chi connectivity index (χ4v) is 2.86. The molecule has 1 aromatic heterocycles. The van der Waals surface area contributed by atoms with Gasteiger partial charge >= 0.3 is 0 Å². The van der Waals surface area contributed by atoms with Gasteiger partial charge in [-0.25, -0.2) is 0 Å². The van der Waals surface area contributed by atoms with Crippen molar-refractivity contribution in [3.05, 3.63) is 96.7 Å². The lowest BCUT2D eigenvalue weighted by Gasteiger charge is -2.17. The summed E-state index contributed by atoms with van der Waals surface area (Å²) in [6.45, 7) is 0.694. The number of benzene rings is 3. The number of hydrogen-bond acceptors (Lipinski definition) is 6. The summed E-state index contributed by atoms with van der Waals surface area (Å²) in [4.78, 5) is 6.56. The van der Waals surface area contributed by atoms with Gasteiger partial charge < -0.3 is 15.0 Å². The van der Waals surface area contributed by atoms with Crippen LogP contribution in [0.3, 0.4) is 0 Å². The van der Waals surface area contributed by atoms with E-state index in [1.165, 1.54) is 5.56 Å². The van der Waals surface area contributed by atoms with Gasteiger partial charge in [0.15, 0.2) is 11.6 Å². The van der Waals surface area contributed by atoms with Crippen molar-refractivity contribution in [2.45, 2.75) is 6.54 Å².